The number of halogens is 2. The van der Waals surface area contributed by atoms with Gasteiger partial charge in [-0.15, -0.1) is 0 Å². The van der Waals surface area contributed by atoms with Gasteiger partial charge in [0.05, 0.1) is 38.0 Å². The summed E-state index contributed by atoms with van der Waals surface area (Å²) in [6.07, 6.45) is 0. The molecule has 3 rings (SSSR count). The first-order chi connectivity index (χ1) is 17.1. The molecule has 0 aliphatic heterocycles. The fourth-order valence-electron chi connectivity index (χ4n) is 3.51. The van der Waals surface area contributed by atoms with Crippen LogP contribution in [-0.4, -0.2) is 42.2 Å². The third-order valence-electron chi connectivity index (χ3n) is 5.39. The summed E-state index contributed by atoms with van der Waals surface area (Å²) in [5.74, 6) is -0.265. The molecule has 0 radical (unpaired) electrons. The number of nitrogens with one attached hydrogen (secondary N) is 1. The number of ether oxygens (including phenoxy) is 3. The maximum absolute atomic E-state index is 13.8. The highest BCUT2D eigenvalue weighted by Gasteiger charge is 2.31. The molecule has 0 heterocycles. The van der Waals surface area contributed by atoms with Crippen molar-refractivity contribution in [3.8, 4) is 17.2 Å². The van der Waals surface area contributed by atoms with Gasteiger partial charge in [-0.2, -0.15) is 0 Å². The minimum absolute atomic E-state index is 0.0735. The van der Waals surface area contributed by atoms with E-state index in [0.717, 1.165) is 4.31 Å². The van der Waals surface area contributed by atoms with Crippen LogP contribution in [-0.2, 0) is 14.8 Å². The summed E-state index contributed by atoms with van der Waals surface area (Å²) in [5.41, 5.74) is 0.726. The summed E-state index contributed by atoms with van der Waals surface area (Å²) in [7, 11) is -0.116. The fraction of sp³-hybridized carbons (Fsp3) is 0.240. The second-order valence-electron chi connectivity index (χ2n) is 7.69. The van der Waals surface area contributed by atoms with Crippen LogP contribution in [0.1, 0.15) is 18.5 Å². The summed E-state index contributed by atoms with van der Waals surface area (Å²) in [4.78, 5) is 12.9. The highest BCUT2D eigenvalue weighted by atomic mass is 35.5. The molecule has 8 nitrogen and oxygen atoms in total. The van der Waals surface area contributed by atoms with Crippen molar-refractivity contribution >= 4 is 33.2 Å². The largest absolute Gasteiger partial charge is 0.495 e. The van der Waals surface area contributed by atoms with Crippen molar-refractivity contribution in [2.45, 2.75) is 17.9 Å². The lowest BCUT2D eigenvalue weighted by Crippen LogP contribution is -2.41. The molecule has 0 bridgehead atoms. The van der Waals surface area contributed by atoms with Gasteiger partial charge in [0.1, 0.15) is 18.1 Å². The molecule has 0 aliphatic rings. The monoisotopic (exact) mass is 536 g/mol. The highest BCUT2D eigenvalue weighted by Crippen LogP contribution is 2.37. The first-order valence-electron chi connectivity index (χ1n) is 10.7. The van der Waals surface area contributed by atoms with Crippen LogP contribution < -0.4 is 23.8 Å². The van der Waals surface area contributed by atoms with Crippen LogP contribution in [0.15, 0.2) is 65.6 Å². The van der Waals surface area contributed by atoms with Crippen LogP contribution in [0.2, 0.25) is 5.02 Å². The Balaban J connectivity index is 2.02. The molecular weight excluding hydrogens is 511 g/mol. The summed E-state index contributed by atoms with van der Waals surface area (Å²) >= 11 is 6.17. The number of benzene rings is 3. The maximum Gasteiger partial charge on any atom is 0.265 e. The second kappa shape index (κ2) is 11.5. The van der Waals surface area contributed by atoms with Crippen molar-refractivity contribution in [3.05, 3.63) is 77.1 Å². The molecule has 3 aromatic carbocycles. The van der Waals surface area contributed by atoms with E-state index in [4.69, 9.17) is 25.8 Å². The average Bonchev–Trinajstić information content (AvgIpc) is 2.87. The van der Waals surface area contributed by atoms with Crippen LogP contribution in [0.3, 0.4) is 0 Å². The Morgan fingerprint density at radius 3 is 2.17 bits per heavy atom. The van der Waals surface area contributed by atoms with Gasteiger partial charge < -0.3 is 19.5 Å². The van der Waals surface area contributed by atoms with Gasteiger partial charge in [0.15, 0.2) is 11.5 Å². The zero-order valence-electron chi connectivity index (χ0n) is 20.1. The number of carbonyl (C=O) groups excluding carboxylic acids is 1. The third kappa shape index (κ3) is 6.00. The lowest BCUT2D eigenvalue weighted by Gasteiger charge is -2.27. The first-order valence-corrected chi connectivity index (χ1v) is 12.6. The molecule has 36 heavy (non-hydrogen) atoms. The number of sulfonamides is 1. The summed E-state index contributed by atoms with van der Waals surface area (Å²) in [6.45, 7) is 1.12. The number of rotatable bonds is 10. The van der Waals surface area contributed by atoms with Crippen molar-refractivity contribution in [1.29, 1.82) is 0 Å². The zero-order chi connectivity index (χ0) is 26.5. The van der Waals surface area contributed by atoms with Crippen molar-refractivity contribution < 1.29 is 31.8 Å². The number of carbonyl (C=O) groups is 1. The summed E-state index contributed by atoms with van der Waals surface area (Å²) in [6, 6.07) is 13.7. The van der Waals surface area contributed by atoms with E-state index in [1.165, 1.54) is 63.8 Å². The van der Waals surface area contributed by atoms with Gasteiger partial charge in [-0.05, 0) is 55.0 Å². The molecule has 0 unspecified atom stereocenters. The van der Waals surface area contributed by atoms with Crippen molar-refractivity contribution in [2.24, 2.45) is 0 Å². The van der Waals surface area contributed by atoms with E-state index in [1.54, 1.807) is 25.1 Å². The Kier molecular flexibility index (Phi) is 8.65. The number of methoxy groups -OCH3 is 3. The SMILES string of the molecule is COc1ccc(S(=O)(=O)N(CC(=O)N[C@@H](C)c2ccc(F)cc2)c2cc(Cl)ccc2OC)cc1OC. The number of anilines is 1. The van der Waals surface area contributed by atoms with Gasteiger partial charge in [0.2, 0.25) is 5.91 Å². The molecule has 1 N–H and O–H groups in total. The molecule has 1 atom stereocenters. The molecule has 1 amide bonds. The van der Waals surface area contributed by atoms with Crippen LogP contribution in [0.5, 0.6) is 17.2 Å². The quantitative estimate of drug-likeness (QED) is 0.408. The van der Waals surface area contributed by atoms with E-state index in [0.29, 0.717) is 11.3 Å². The summed E-state index contributed by atoms with van der Waals surface area (Å²) in [5, 5.41) is 2.99. The minimum Gasteiger partial charge on any atom is -0.495 e. The topological polar surface area (TPSA) is 94.2 Å². The van der Waals surface area contributed by atoms with Crippen molar-refractivity contribution in [3.63, 3.8) is 0 Å². The van der Waals surface area contributed by atoms with Gasteiger partial charge in [-0.25, -0.2) is 12.8 Å². The van der Waals surface area contributed by atoms with E-state index >= 15 is 0 Å². The first kappa shape index (κ1) is 27.1. The van der Waals surface area contributed by atoms with Crippen molar-refractivity contribution in [2.75, 3.05) is 32.2 Å². The van der Waals surface area contributed by atoms with Crippen LogP contribution in [0, 0.1) is 5.82 Å². The predicted octanol–water partition coefficient (Wildman–Crippen LogP) is 4.58. The molecule has 0 aliphatic carbocycles. The molecule has 0 saturated carbocycles. The molecular formula is C25H26ClFN2O6S. The smallest absolute Gasteiger partial charge is 0.265 e. The van der Waals surface area contributed by atoms with Crippen LogP contribution in [0.4, 0.5) is 10.1 Å². The van der Waals surface area contributed by atoms with E-state index in [9.17, 15) is 17.6 Å². The number of hydrogen-bond acceptors (Lipinski definition) is 6. The zero-order valence-corrected chi connectivity index (χ0v) is 21.7. The standard InChI is InChI=1S/C25H26ClFN2O6S/c1-16(17-5-8-19(27)9-6-17)28-25(30)15-29(21-13-18(26)7-11-22(21)33-2)36(31,32)20-10-12-23(34-3)24(14-20)35-4/h5-14,16H,15H2,1-4H3,(H,28,30)/t16-/m0/s1. The van der Waals surface area contributed by atoms with E-state index < -0.39 is 34.3 Å². The fourth-order valence-corrected chi connectivity index (χ4v) is 5.12. The molecule has 3 aromatic rings. The lowest BCUT2D eigenvalue weighted by molar-refractivity contribution is -0.120. The Morgan fingerprint density at radius 2 is 1.56 bits per heavy atom. The minimum atomic E-state index is -4.31. The maximum atomic E-state index is 13.8. The molecule has 0 spiro atoms. The van der Waals surface area contributed by atoms with E-state index in [-0.39, 0.29) is 27.1 Å². The molecule has 0 aromatic heterocycles. The number of hydrogen-bond donors (Lipinski definition) is 1. The van der Waals surface area contributed by atoms with E-state index in [2.05, 4.69) is 5.32 Å². The highest BCUT2D eigenvalue weighted by molar-refractivity contribution is 7.92. The number of amides is 1. The van der Waals surface area contributed by atoms with Gasteiger partial charge in [-0.3, -0.25) is 9.10 Å². The van der Waals surface area contributed by atoms with Crippen LogP contribution in [0.25, 0.3) is 0 Å². The third-order valence-corrected chi connectivity index (χ3v) is 7.38. The van der Waals surface area contributed by atoms with E-state index in [1.807, 2.05) is 0 Å². The van der Waals surface area contributed by atoms with Crippen molar-refractivity contribution in [1.82, 2.24) is 5.32 Å². The molecule has 11 heteroatoms. The van der Waals surface area contributed by atoms with Crippen LogP contribution >= 0.6 is 11.6 Å². The Hall–Kier alpha value is -3.50. The predicted molar refractivity (Wildman–Crippen MR) is 135 cm³/mol. The second-order valence-corrected chi connectivity index (χ2v) is 9.98. The Morgan fingerprint density at radius 1 is 0.944 bits per heavy atom. The lowest BCUT2D eigenvalue weighted by atomic mass is 10.1. The van der Waals surface area contributed by atoms with Gasteiger partial charge in [0, 0.05) is 11.1 Å². The normalized spacial score (nSPS) is 11.9. The van der Waals surface area contributed by atoms with Gasteiger partial charge >= 0.3 is 0 Å². The molecule has 0 saturated heterocycles. The Bertz CT molecular complexity index is 1330. The number of nitrogens with zero attached hydrogens (tertiary/aromatic N) is 1. The van der Waals surface area contributed by atoms with Gasteiger partial charge in [0.25, 0.3) is 10.0 Å². The van der Waals surface area contributed by atoms with Gasteiger partial charge in [-0.1, -0.05) is 23.7 Å². The Labute approximate surface area is 214 Å². The molecule has 0 fully saturated rings. The average molecular weight is 537 g/mol. The summed E-state index contributed by atoms with van der Waals surface area (Å²) < 4.78 is 57.6. The molecule has 192 valence electrons.